The van der Waals surface area contributed by atoms with Crippen molar-refractivity contribution in [1.29, 1.82) is 0 Å². The maximum atomic E-state index is 12.3. The van der Waals surface area contributed by atoms with Crippen molar-refractivity contribution in [1.82, 2.24) is 20.0 Å². The maximum absolute atomic E-state index is 12.3. The van der Waals surface area contributed by atoms with Crippen LogP contribution >= 0.6 is 0 Å². The molecular weight excluding hydrogens is 532 g/mol. The molecule has 10 nitrogen and oxygen atoms in total. The topological polar surface area (TPSA) is 118 Å². The zero-order valence-corrected chi connectivity index (χ0v) is 23.7. The number of fused-ring (bicyclic) bond motifs is 1. The Hall–Kier alpha value is -3.25. The van der Waals surface area contributed by atoms with Gasteiger partial charge in [-0.3, -0.25) is 9.28 Å². The van der Waals surface area contributed by atoms with Crippen LogP contribution in [0.3, 0.4) is 0 Å². The number of aromatic nitrogens is 4. The minimum atomic E-state index is -3.75. The van der Waals surface area contributed by atoms with Gasteiger partial charge in [0.1, 0.15) is 11.4 Å². The highest BCUT2D eigenvalue weighted by Gasteiger charge is 2.22. The molecule has 2 unspecified atom stereocenters. The van der Waals surface area contributed by atoms with Gasteiger partial charge < -0.3 is 14.2 Å². The number of aromatic amines is 1. The summed E-state index contributed by atoms with van der Waals surface area (Å²) in [5, 5.41) is 12.9. The smallest absolute Gasteiger partial charge is 0.296 e. The summed E-state index contributed by atoms with van der Waals surface area (Å²) >= 11 is 0. The van der Waals surface area contributed by atoms with Gasteiger partial charge in [0, 0.05) is 36.8 Å². The molecule has 1 saturated heterocycles. The van der Waals surface area contributed by atoms with E-state index in [2.05, 4.69) is 10.2 Å². The second-order valence-electron chi connectivity index (χ2n) is 10.1. The largest absolute Gasteiger partial charge is 0.491 e. The molecular formula is C29H36N4O6S. The van der Waals surface area contributed by atoms with Crippen molar-refractivity contribution >= 4 is 21.0 Å². The van der Waals surface area contributed by atoms with E-state index < -0.39 is 10.1 Å². The number of hydrogen-bond acceptors (Lipinski definition) is 8. The fourth-order valence-corrected chi connectivity index (χ4v) is 5.61. The van der Waals surface area contributed by atoms with E-state index in [0.29, 0.717) is 26.1 Å². The van der Waals surface area contributed by atoms with Crippen molar-refractivity contribution in [2.24, 2.45) is 0 Å². The van der Waals surface area contributed by atoms with Gasteiger partial charge in [0.15, 0.2) is 6.23 Å². The third-order valence-electron chi connectivity index (χ3n) is 6.86. The van der Waals surface area contributed by atoms with Gasteiger partial charge in [0.05, 0.1) is 35.9 Å². The first-order valence-electron chi connectivity index (χ1n) is 13.7. The SMILES string of the molecule is Cc1ccc(S(=O)(=O)OCCCOCCC(C)Oc2ccc3c(c2)c(-c2cn[nH]c2)nn3C2CCCCO2)cc1. The minimum Gasteiger partial charge on any atom is -0.491 e. The molecule has 0 radical (unpaired) electrons. The quantitative estimate of drug-likeness (QED) is 0.168. The molecule has 1 aliphatic heterocycles. The van der Waals surface area contributed by atoms with Crippen LogP contribution in [0.5, 0.6) is 5.75 Å². The highest BCUT2D eigenvalue weighted by atomic mass is 32.2. The second kappa shape index (κ2) is 12.9. The van der Waals surface area contributed by atoms with E-state index >= 15 is 0 Å². The molecule has 0 spiro atoms. The van der Waals surface area contributed by atoms with Gasteiger partial charge in [-0.05, 0) is 69.9 Å². The van der Waals surface area contributed by atoms with Crippen molar-refractivity contribution in [3.63, 3.8) is 0 Å². The van der Waals surface area contributed by atoms with Crippen LogP contribution in [-0.4, -0.2) is 60.9 Å². The second-order valence-corrected chi connectivity index (χ2v) is 11.7. The average molecular weight is 569 g/mol. The molecule has 1 fully saturated rings. The van der Waals surface area contributed by atoms with E-state index in [1.807, 2.05) is 42.9 Å². The standard InChI is InChI=1S/C29H36N4O6S/c1-21-7-10-25(11-8-21)40(34,35)38-16-5-14-36-17-13-22(2)39-24-9-12-27-26(18-24)29(23-19-30-31-20-23)32-33(27)28-6-3-4-15-37-28/h7-12,18-20,22,28H,3-6,13-17H2,1-2H3,(H,30,31). The van der Waals surface area contributed by atoms with Crippen LogP contribution < -0.4 is 4.74 Å². The number of benzene rings is 2. The molecule has 3 heterocycles. The van der Waals surface area contributed by atoms with Gasteiger partial charge in [-0.25, -0.2) is 4.68 Å². The van der Waals surface area contributed by atoms with Gasteiger partial charge in [-0.2, -0.15) is 18.6 Å². The van der Waals surface area contributed by atoms with Crippen LogP contribution in [-0.2, 0) is 23.8 Å². The predicted octanol–water partition coefficient (Wildman–Crippen LogP) is 5.40. The van der Waals surface area contributed by atoms with Gasteiger partial charge in [0.25, 0.3) is 10.1 Å². The highest BCUT2D eigenvalue weighted by molar-refractivity contribution is 7.86. The van der Waals surface area contributed by atoms with E-state index in [0.717, 1.165) is 59.3 Å². The van der Waals surface area contributed by atoms with E-state index in [1.165, 1.54) is 0 Å². The molecule has 1 N–H and O–H groups in total. The van der Waals surface area contributed by atoms with Crippen LogP contribution in [0.15, 0.2) is 59.8 Å². The molecule has 0 amide bonds. The minimum absolute atomic E-state index is 0.0703. The van der Waals surface area contributed by atoms with Crippen LogP contribution in [0.25, 0.3) is 22.2 Å². The summed E-state index contributed by atoms with van der Waals surface area (Å²) in [6, 6.07) is 12.6. The summed E-state index contributed by atoms with van der Waals surface area (Å²) in [4.78, 5) is 0.162. The molecule has 2 atom stereocenters. The summed E-state index contributed by atoms with van der Waals surface area (Å²) in [6.45, 7) is 5.61. The molecule has 1 aliphatic rings. The molecule has 0 saturated carbocycles. The van der Waals surface area contributed by atoms with Crippen LogP contribution in [0.1, 0.15) is 50.8 Å². The van der Waals surface area contributed by atoms with E-state index in [1.54, 1.807) is 30.5 Å². The van der Waals surface area contributed by atoms with E-state index in [-0.39, 0.29) is 23.8 Å². The summed E-state index contributed by atoms with van der Waals surface area (Å²) in [5.41, 5.74) is 3.74. The third-order valence-corrected chi connectivity index (χ3v) is 8.19. The Labute approximate surface area is 234 Å². The lowest BCUT2D eigenvalue weighted by Crippen LogP contribution is -2.19. The van der Waals surface area contributed by atoms with E-state index in [4.69, 9.17) is 23.5 Å². The first-order valence-corrected chi connectivity index (χ1v) is 15.1. The zero-order valence-electron chi connectivity index (χ0n) is 22.9. The molecule has 0 bridgehead atoms. The lowest BCUT2D eigenvalue weighted by molar-refractivity contribution is -0.0365. The molecule has 5 rings (SSSR count). The Balaban J connectivity index is 1.11. The maximum Gasteiger partial charge on any atom is 0.296 e. The van der Waals surface area contributed by atoms with Crippen LogP contribution in [0.2, 0.25) is 0 Å². The molecule has 2 aromatic carbocycles. The molecule has 0 aliphatic carbocycles. The zero-order chi connectivity index (χ0) is 28.0. The Morgan fingerprint density at radius 2 is 1.98 bits per heavy atom. The number of rotatable bonds is 13. The highest BCUT2D eigenvalue weighted by Crippen LogP contribution is 2.34. The lowest BCUT2D eigenvalue weighted by atomic mass is 10.1. The van der Waals surface area contributed by atoms with Crippen molar-refractivity contribution < 1.29 is 26.8 Å². The predicted molar refractivity (Wildman–Crippen MR) is 151 cm³/mol. The average Bonchev–Trinajstić information content (AvgIpc) is 3.61. The molecule has 2 aromatic heterocycles. The summed E-state index contributed by atoms with van der Waals surface area (Å²) in [7, 11) is -3.75. The monoisotopic (exact) mass is 568 g/mol. The Bertz CT molecular complexity index is 1480. The van der Waals surface area contributed by atoms with Gasteiger partial charge >= 0.3 is 0 Å². The fraction of sp³-hybridized carbons (Fsp3) is 0.448. The van der Waals surface area contributed by atoms with Gasteiger partial charge in [0.2, 0.25) is 0 Å². The summed E-state index contributed by atoms with van der Waals surface area (Å²) < 4.78 is 49.5. The molecule has 11 heteroatoms. The van der Waals surface area contributed by atoms with Gasteiger partial charge in [-0.1, -0.05) is 17.7 Å². The lowest BCUT2D eigenvalue weighted by Gasteiger charge is -2.23. The number of H-pyrrole nitrogens is 1. The number of ether oxygens (including phenoxy) is 3. The van der Waals surface area contributed by atoms with Gasteiger partial charge in [-0.15, -0.1) is 0 Å². The van der Waals surface area contributed by atoms with E-state index in [9.17, 15) is 8.42 Å². The Morgan fingerprint density at radius 1 is 1.12 bits per heavy atom. The van der Waals surface area contributed by atoms with Crippen molar-refractivity contribution in [2.45, 2.75) is 63.2 Å². The molecule has 4 aromatic rings. The van der Waals surface area contributed by atoms with Crippen LogP contribution in [0, 0.1) is 6.92 Å². The number of nitrogens with one attached hydrogen (secondary N) is 1. The van der Waals surface area contributed by atoms with Crippen molar-refractivity contribution in [3.05, 3.63) is 60.4 Å². The summed E-state index contributed by atoms with van der Waals surface area (Å²) in [5.74, 6) is 0.753. The number of aryl methyl sites for hydroxylation is 1. The number of hydrogen-bond donors (Lipinski definition) is 1. The number of nitrogens with zero attached hydrogens (tertiary/aromatic N) is 3. The summed E-state index contributed by atoms with van der Waals surface area (Å²) in [6.07, 6.45) is 7.74. The van der Waals surface area contributed by atoms with Crippen LogP contribution in [0.4, 0.5) is 0 Å². The Kier molecular flexibility index (Phi) is 9.15. The first kappa shape index (κ1) is 28.3. The fourth-order valence-electron chi connectivity index (χ4n) is 4.67. The molecule has 40 heavy (non-hydrogen) atoms. The van der Waals surface area contributed by atoms with Crippen molar-refractivity contribution in [2.75, 3.05) is 26.4 Å². The normalized spacial score (nSPS) is 16.8. The Morgan fingerprint density at radius 3 is 2.73 bits per heavy atom. The molecule has 214 valence electrons. The first-order chi connectivity index (χ1) is 19.4. The van der Waals surface area contributed by atoms with Crippen molar-refractivity contribution in [3.8, 4) is 17.0 Å². The third kappa shape index (κ3) is 6.90.